The molecule has 29 heteroatoms. The van der Waals surface area contributed by atoms with Gasteiger partial charge in [-0.05, 0) is 108 Å². The Morgan fingerprint density at radius 1 is 0.319 bits per heavy atom. The van der Waals surface area contributed by atoms with E-state index in [1.165, 1.54) is 30.3 Å². The number of carbonyl (C=O) groups excluding carboxylic acids is 5. The van der Waals surface area contributed by atoms with Gasteiger partial charge in [-0.15, -0.1) is 0 Å². The van der Waals surface area contributed by atoms with Gasteiger partial charge in [-0.1, -0.05) is 78.9 Å². The van der Waals surface area contributed by atoms with E-state index in [1.54, 1.807) is 175 Å². The maximum absolute atomic E-state index is 14.5. The molecule has 0 saturated carbocycles. The Bertz CT molecular complexity index is 6010. The highest BCUT2D eigenvalue weighted by Gasteiger charge is 2.34. The van der Waals surface area contributed by atoms with E-state index in [-0.39, 0.29) is 91.0 Å². The number of rotatable bonds is 15. The lowest BCUT2D eigenvalue weighted by Gasteiger charge is -2.16. The van der Waals surface area contributed by atoms with Crippen LogP contribution < -0.4 is 0 Å². The molecule has 5 aromatic carbocycles. The van der Waals surface area contributed by atoms with E-state index in [9.17, 15) is 45.9 Å². The van der Waals surface area contributed by atoms with Crippen LogP contribution in [0.1, 0.15) is 108 Å². The lowest BCUT2D eigenvalue weighted by atomic mass is 10.1. The van der Waals surface area contributed by atoms with Crippen molar-refractivity contribution in [2.24, 2.45) is 28.2 Å². The van der Waals surface area contributed by atoms with Crippen molar-refractivity contribution < 1.29 is 45.9 Å². The highest BCUT2D eigenvalue weighted by atomic mass is 19.1. The molecule has 15 heterocycles. The van der Waals surface area contributed by atoms with Crippen molar-refractivity contribution in [3.63, 3.8) is 0 Å². The summed E-state index contributed by atoms with van der Waals surface area (Å²) in [5.41, 5.74) is 16.2. The first-order valence-electron chi connectivity index (χ1n) is 37.9. The lowest BCUT2D eigenvalue weighted by molar-refractivity contribution is 0.0752. The van der Waals surface area contributed by atoms with E-state index in [0.29, 0.717) is 82.9 Å². The van der Waals surface area contributed by atoms with Crippen LogP contribution in [0.3, 0.4) is 0 Å². The largest absolute Gasteiger partial charge is 0.330 e. The average molecular weight is 1600 g/mol. The average Bonchev–Trinajstić information content (AvgIpc) is 1.68. The van der Waals surface area contributed by atoms with E-state index in [0.717, 1.165) is 67.1 Å². The molecule has 5 amide bonds. The molecule has 5 aliphatic heterocycles. The number of hydrogen-bond donors (Lipinski definition) is 0. The Hall–Kier alpha value is -15.0. The van der Waals surface area contributed by atoms with Crippen molar-refractivity contribution >= 4 is 29.5 Å². The van der Waals surface area contributed by atoms with Gasteiger partial charge in [-0.3, -0.25) is 67.6 Å². The summed E-state index contributed by atoms with van der Waals surface area (Å²) in [5, 5.41) is 16.3. The van der Waals surface area contributed by atoms with E-state index in [1.807, 2.05) is 127 Å². The van der Waals surface area contributed by atoms with Crippen LogP contribution in [0.5, 0.6) is 0 Å². The van der Waals surface area contributed by atoms with Crippen molar-refractivity contribution in [1.82, 2.24) is 93.1 Å². The van der Waals surface area contributed by atoms with Gasteiger partial charge >= 0.3 is 0 Å². The Labute approximate surface area is 679 Å². The van der Waals surface area contributed by atoms with E-state index in [2.05, 4.69) is 45.3 Å². The molecular formula is C90H74F5N19O5. The van der Waals surface area contributed by atoms with Gasteiger partial charge in [0.25, 0.3) is 29.5 Å². The third-order valence-electron chi connectivity index (χ3n) is 20.9. The van der Waals surface area contributed by atoms with Crippen molar-refractivity contribution in [3.8, 4) is 50.3 Å². The molecule has 0 N–H and O–H groups in total. The molecule has 5 aliphatic rings. The SMILES string of the molecule is Cn1cc(-c2cnc(CN3Cc4ccccc4C3=O)c(F)c2)cn1.Cn1cc(-c2cnc(CN3Cc4cccnc4C3=O)c(F)c2)cn1.Cn1cc(-c2cnc(CN3Cc4ncccc4C3=O)c(F)c2)cn1.Cn1nccc1-c1ccc(CN2Cc3ccccc3C2=O)c(F)c1.O=C1c2ccccc2CN1Cc1ccc(-n2cccc2)cc1F. The summed E-state index contributed by atoms with van der Waals surface area (Å²) in [7, 11) is 7.22. The van der Waals surface area contributed by atoms with Crippen LogP contribution in [0.25, 0.3) is 50.3 Å². The second-order valence-electron chi connectivity index (χ2n) is 29.0. The Morgan fingerprint density at radius 2 is 0.714 bits per heavy atom. The molecule has 20 rings (SSSR count). The number of halogens is 5. The third-order valence-corrected chi connectivity index (χ3v) is 20.9. The first kappa shape index (κ1) is 77.9. The minimum Gasteiger partial charge on any atom is -0.330 e. The first-order valence-corrected chi connectivity index (χ1v) is 37.9. The summed E-state index contributed by atoms with van der Waals surface area (Å²) in [5.74, 6) is -2.38. The topological polar surface area (TPSA) is 242 Å². The fourth-order valence-corrected chi connectivity index (χ4v) is 14.7. The number of amides is 5. The minimum absolute atomic E-state index is 0.0329. The van der Waals surface area contributed by atoms with Crippen molar-refractivity contribution in [3.05, 3.63) is 370 Å². The predicted octanol–water partition coefficient (Wildman–Crippen LogP) is 14.3. The molecule has 0 fully saturated rings. The molecule has 594 valence electrons. The Balaban J connectivity index is 0.000000111. The zero-order valence-electron chi connectivity index (χ0n) is 64.7. The quantitative estimate of drug-likeness (QED) is 0.0867. The molecule has 119 heavy (non-hydrogen) atoms. The summed E-state index contributed by atoms with van der Waals surface area (Å²) in [6, 6.07) is 49.8. The normalized spacial score (nSPS) is 13.4. The number of fused-ring (bicyclic) bond motifs is 5. The molecule has 0 spiro atoms. The summed E-state index contributed by atoms with van der Waals surface area (Å²) in [6.07, 6.45) is 23.8. The summed E-state index contributed by atoms with van der Waals surface area (Å²) in [4.78, 5) is 90.7. The van der Waals surface area contributed by atoms with Crippen molar-refractivity contribution in [2.45, 2.75) is 65.4 Å². The van der Waals surface area contributed by atoms with Crippen molar-refractivity contribution in [1.29, 1.82) is 0 Å². The van der Waals surface area contributed by atoms with Gasteiger partial charge in [0.1, 0.15) is 34.8 Å². The van der Waals surface area contributed by atoms with Gasteiger partial charge < -0.3 is 29.1 Å². The number of carbonyl (C=O) groups is 5. The summed E-state index contributed by atoms with van der Waals surface area (Å²) in [6.45, 7) is 3.30. The van der Waals surface area contributed by atoms with E-state index >= 15 is 0 Å². The van der Waals surface area contributed by atoms with Gasteiger partial charge in [0.15, 0.2) is 0 Å². The monoisotopic (exact) mass is 1600 g/mol. The van der Waals surface area contributed by atoms with Crippen LogP contribution in [0, 0.1) is 29.1 Å². The predicted molar refractivity (Wildman–Crippen MR) is 429 cm³/mol. The molecule has 15 aromatic rings. The number of benzene rings is 5. The van der Waals surface area contributed by atoms with Crippen LogP contribution in [-0.2, 0) is 93.6 Å². The highest BCUT2D eigenvalue weighted by Crippen LogP contribution is 2.33. The standard InChI is InChI=1S/C19H16FN3O.C19H15FN2O.C18H15FN4O.2C17H14FN5O/c1-22-18(8-9-21-22)13-6-7-15(17(20)10-13)12-23-11-14-4-2-3-5-16(14)19(23)24;20-18-11-16(21-9-3-4-10-21)8-7-15(18)13-22-12-14-5-1-2-6-17(14)19(22)23;1-22-9-14(8-21-22)13-6-16(19)17(20-7-13)11-23-10-12-4-2-3-5-15(12)18(23)24;1-22-8-12(7-21-22)11-5-14(18)16(20-6-11)10-23-9-15-13(17(23)24)3-2-4-19-15;1-22-8-13(7-21-22)12-5-14(18)15(20-6-12)10-23-9-11-3-2-4-19-16(11)17(23)24/h2-10H,11-12H2,1H3;1-11H,12-13H2;2-9H,10-11H2,1H3;2*2-8H,9-10H2,1H3. The smallest absolute Gasteiger partial charge is 0.273 e. The zero-order chi connectivity index (χ0) is 82.5. The third kappa shape index (κ3) is 16.9. The Morgan fingerprint density at radius 3 is 1.13 bits per heavy atom. The molecule has 0 bridgehead atoms. The molecule has 24 nitrogen and oxygen atoms in total. The van der Waals surface area contributed by atoms with Crippen LogP contribution >= 0.6 is 0 Å². The number of pyridine rings is 5. The molecule has 0 radical (unpaired) electrons. The maximum atomic E-state index is 14.5. The van der Waals surface area contributed by atoms with Gasteiger partial charge in [0, 0.05) is 214 Å². The van der Waals surface area contributed by atoms with E-state index in [4.69, 9.17) is 0 Å². The zero-order valence-corrected chi connectivity index (χ0v) is 64.7. The highest BCUT2D eigenvalue weighted by molar-refractivity contribution is 6.00. The van der Waals surface area contributed by atoms with Crippen molar-refractivity contribution in [2.75, 3.05) is 0 Å². The molecule has 0 aliphatic carbocycles. The lowest BCUT2D eigenvalue weighted by Crippen LogP contribution is -2.24. The second kappa shape index (κ2) is 33.8. The van der Waals surface area contributed by atoms with Crippen LogP contribution in [0.2, 0.25) is 0 Å². The van der Waals surface area contributed by atoms with Gasteiger partial charge in [-0.25, -0.2) is 22.0 Å². The number of hydrogen-bond acceptors (Lipinski definition) is 14. The molecule has 10 aromatic heterocycles. The number of aryl methyl sites for hydroxylation is 4. The Kier molecular flexibility index (Phi) is 22.1. The number of aromatic nitrogens is 14. The van der Waals surface area contributed by atoms with Gasteiger partial charge in [0.2, 0.25) is 0 Å². The summed E-state index contributed by atoms with van der Waals surface area (Å²) >= 11 is 0. The van der Waals surface area contributed by atoms with E-state index < -0.39 is 17.5 Å². The fourth-order valence-electron chi connectivity index (χ4n) is 14.7. The fraction of sp³-hybridized carbons (Fsp3) is 0.156. The molecular weight excluding hydrogens is 1520 g/mol. The maximum Gasteiger partial charge on any atom is 0.273 e. The second-order valence-corrected chi connectivity index (χ2v) is 29.0. The molecule has 0 atom stereocenters. The molecule has 0 saturated heterocycles. The first-order chi connectivity index (χ1) is 57.7. The van der Waals surface area contributed by atoms with Crippen LogP contribution in [0.15, 0.2) is 257 Å². The molecule has 0 unspecified atom stereocenters. The van der Waals surface area contributed by atoms with Gasteiger partial charge in [-0.2, -0.15) is 20.4 Å². The number of nitrogens with zero attached hydrogens (tertiary/aromatic N) is 19. The summed E-state index contributed by atoms with van der Waals surface area (Å²) < 4.78 is 80.7. The van der Waals surface area contributed by atoms with Crippen LogP contribution in [-0.4, -0.2) is 123 Å². The minimum atomic E-state index is -0.437. The van der Waals surface area contributed by atoms with Gasteiger partial charge in [0.05, 0.1) is 78.8 Å². The van der Waals surface area contributed by atoms with Crippen LogP contribution in [0.4, 0.5) is 22.0 Å².